The number of rotatable bonds is 5. The molecule has 112 valence electrons. The molecule has 2 aromatic rings. The third-order valence-electron chi connectivity index (χ3n) is 3.00. The van der Waals surface area contributed by atoms with Crippen molar-refractivity contribution in [1.29, 1.82) is 0 Å². The van der Waals surface area contributed by atoms with E-state index in [1.165, 1.54) is 7.11 Å². The molecule has 0 aliphatic rings. The Kier molecular flexibility index (Phi) is 5.22. The van der Waals surface area contributed by atoms with Crippen LogP contribution in [0.3, 0.4) is 0 Å². The lowest BCUT2D eigenvalue weighted by Gasteiger charge is -2.18. The minimum atomic E-state index is -0.693. The van der Waals surface area contributed by atoms with Crippen LogP contribution in [-0.4, -0.2) is 22.9 Å². The normalized spacial score (nSPS) is 12.2. The van der Waals surface area contributed by atoms with Gasteiger partial charge in [-0.3, -0.25) is 10.00 Å². The molecule has 1 aromatic carbocycles. The molecule has 1 aromatic heterocycles. The lowest BCUT2D eigenvalue weighted by molar-refractivity contribution is -0.143. The molecule has 1 N–H and O–H groups in total. The average Bonchev–Trinajstić information content (AvgIpc) is 2.88. The van der Waals surface area contributed by atoms with Crippen molar-refractivity contribution in [3.8, 4) is 0 Å². The zero-order valence-electron chi connectivity index (χ0n) is 11.6. The standard InChI is InChI=1S/C14H15Cl2N3O2/c1-19-8-9(7-18-19)6-17-13(14(20)21-2)10-4-3-5-11(15)12(10)16/h3-5,7-8,13,17H,6H2,1-2H3. The van der Waals surface area contributed by atoms with E-state index in [9.17, 15) is 4.79 Å². The van der Waals surface area contributed by atoms with Gasteiger partial charge in [-0.1, -0.05) is 35.3 Å². The molecule has 1 atom stereocenters. The number of benzene rings is 1. The smallest absolute Gasteiger partial charge is 0.327 e. The second-order valence-electron chi connectivity index (χ2n) is 4.50. The lowest BCUT2D eigenvalue weighted by Crippen LogP contribution is -2.29. The molecular formula is C14H15Cl2N3O2. The highest BCUT2D eigenvalue weighted by molar-refractivity contribution is 6.42. The minimum absolute atomic E-state index is 0.341. The largest absolute Gasteiger partial charge is 0.468 e. The van der Waals surface area contributed by atoms with Crippen LogP contribution < -0.4 is 5.32 Å². The van der Waals surface area contributed by atoms with E-state index in [1.807, 2.05) is 13.2 Å². The molecule has 0 saturated heterocycles. The molecule has 21 heavy (non-hydrogen) atoms. The zero-order valence-corrected chi connectivity index (χ0v) is 13.1. The van der Waals surface area contributed by atoms with E-state index in [0.29, 0.717) is 22.2 Å². The molecule has 7 heteroatoms. The molecule has 0 amide bonds. The van der Waals surface area contributed by atoms with Crippen molar-refractivity contribution in [2.75, 3.05) is 7.11 Å². The maximum Gasteiger partial charge on any atom is 0.327 e. The van der Waals surface area contributed by atoms with Gasteiger partial charge in [-0.15, -0.1) is 0 Å². The number of esters is 1. The van der Waals surface area contributed by atoms with Gasteiger partial charge in [0.1, 0.15) is 6.04 Å². The topological polar surface area (TPSA) is 56.1 Å². The fourth-order valence-electron chi connectivity index (χ4n) is 1.96. The third-order valence-corrected chi connectivity index (χ3v) is 3.83. The average molecular weight is 328 g/mol. The van der Waals surface area contributed by atoms with E-state index in [4.69, 9.17) is 27.9 Å². The van der Waals surface area contributed by atoms with Crippen molar-refractivity contribution in [1.82, 2.24) is 15.1 Å². The van der Waals surface area contributed by atoms with Gasteiger partial charge in [0.05, 0.1) is 23.4 Å². The monoisotopic (exact) mass is 327 g/mol. The van der Waals surface area contributed by atoms with Crippen LogP contribution in [0, 0.1) is 0 Å². The summed E-state index contributed by atoms with van der Waals surface area (Å²) in [6, 6.07) is 4.46. The SMILES string of the molecule is COC(=O)C(NCc1cnn(C)c1)c1cccc(Cl)c1Cl. The number of carbonyl (C=O) groups is 1. The van der Waals surface area contributed by atoms with Crippen LogP contribution in [0.25, 0.3) is 0 Å². The van der Waals surface area contributed by atoms with E-state index in [1.54, 1.807) is 29.1 Å². The van der Waals surface area contributed by atoms with E-state index < -0.39 is 12.0 Å². The Morgan fingerprint density at radius 3 is 2.86 bits per heavy atom. The highest BCUT2D eigenvalue weighted by Crippen LogP contribution is 2.30. The first-order valence-electron chi connectivity index (χ1n) is 6.25. The van der Waals surface area contributed by atoms with Gasteiger partial charge < -0.3 is 4.74 Å². The number of hydrogen-bond acceptors (Lipinski definition) is 4. The molecular weight excluding hydrogens is 313 g/mol. The highest BCUT2D eigenvalue weighted by Gasteiger charge is 2.24. The maximum absolute atomic E-state index is 12.0. The Balaban J connectivity index is 2.22. The number of hydrogen-bond donors (Lipinski definition) is 1. The Labute approximate surface area is 132 Å². The highest BCUT2D eigenvalue weighted by atomic mass is 35.5. The van der Waals surface area contributed by atoms with Gasteiger partial charge >= 0.3 is 5.97 Å². The first kappa shape index (κ1) is 15.8. The predicted molar refractivity (Wildman–Crippen MR) is 81.3 cm³/mol. The Bertz CT molecular complexity index is 643. The van der Waals surface area contributed by atoms with E-state index in [-0.39, 0.29) is 0 Å². The summed E-state index contributed by atoms with van der Waals surface area (Å²) < 4.78 is 6.52. The van der Waals surface area contributed by atoms with E-state index in [2.05, 4.69) is 10.4 Å². The van der Waals surface area contributed by atoms with Crippen LogP contribution in [0.2, 0.25) is 10.0 Å². The van der Waals surface area contributed by atoms with Gasteiger partial charge in [0.15, 0.2) is 0 Å². The van der Waals surface area contributed by atoms with Crippen LogP contribution in [0.4, 0.5) is 0 Å². The Morgan fingerprint density at radius 2 is 2.24 bits per heavy atom. The molecule has 1 unspecified atom stereocenters. The molecule has 0 fully saturated rings. The molecule has 5 nitrogen and oxygen atoms in total. The number of ether oxygens (including phenoxy) is 1. The summed E-state index contributed by atoms with van der Waals surface area (Å²) in [4.78, 5) is 12.0. The van der Waals surface area contributed by atoms with Gasteiger partial charge in [0, 0.05) is 30.9 Å². The summed E-state index contributed by atoms with van der Waals surface area (Å²) >= 11 is 12.2. The number of nitrogens with zero attached hydrogens (tertiary/aromatic N) is 2. The number of aromatic nitrogens is 2. The summed E-state index contributed by atoms with van der Waals surface area (Å²) in [6.07, 6.45) is 3.59. The number of carbonyl (C=O) groups excluding carboxylic acids is 1. The molecule has 0 spiro atoms. The second kappa shape index (κ2) is 6.93. The van der Waals surface area contributed by atoms with Crippen molar-refractivity contribution in [3.05, 3.63) is 51.8 Å². The molecule has 0 saturated carbocycles. The number of aryl methyl sites for hydroxylation is 1. The molecule has 0 bridgehead atoms. The molecule has 2 rings (SSSR count). The summed E-state index contributed by atoms with van der Waals surface area (Å²) in [6.45, 7) is 0.455. The molecule has 0 aliphatic carbocycles. The fourth-order valence-corrected chi connectivity index (χ4v) is 2.38. The van der Waals surface area contributed by atoms with Crippen molar-refractivity contribution in [2.45, 2.75) is 12.6 Å². The molecule has 1 heterocycles. The summed E-state index contributed by atoms with van der Waals surface area (Å²) in [5.41, 5.74) is 1.53. The lowest BCUT2D eigenvalue weighted by atomic mass is 10.1. The van der Waals surface area contributed by atoms with Crippen molar-refractivity contribution >= 4 is 29.2 Å². The van der Waals surface area contributed by atoms with Crippen molar-refractivity contribution in [3.63, 3.8) is 0 Å². The predicted octanol–water partition coefficient (Wildman–Crippen LogP) is 2.73. The quantitative estimate of drug-likeness (QED) is 0.858. The van der Waals surface area contributed by atoms with Crippen LogP contribution in [-0.2, 0) is 23.1 Å². The summed E-state index contributed by atoms with van der Waals surface area (Å²) in [5, 5.41) is 7.93. The zero-order chi connectivity index (χ0) is 15.4. The summed E-state index contributed by atoms with van der Waals surface area (Å²) in [5.74, 6) is -0.428. The Hall–Kier alpha value is -1.56. The van der Waals surface area contributed by atoms with Gasteiger partial charge in [0.2, 0.25) is 0 Å². The van der Waals surface area contributed by atoms with Crippen LogP contribution in [0.5, 0.6) is 0 Å². The Morgan fingerprint density at radius 1 is 1.48 bits per heavy atom. The van der Waals surface area contributed by atoms with Crippen LogP contribution in [0.1, 0.15) is 17.2 Å². The fraction of sp³-hybridized carbons (Fsp3) is 0.286. The van der Waals surface area contributed by atoms with Crippen LogP contribution in [0.15, 0.2) is 30.6 Å². The van der Waals surface area contributed by atoms with E-state index >= 15 is 0 Å². The van der Waals surface area contributed by atoms with Gasteiger partial charge in [-0.25, -0.2) is 4.79 Å². The van der Waals surface area contributed by atoms with E-state index in [0.717, 1.165) is 5.56 Å². The van der Waals surface area contributed by atoms with Crippen molar-refractivity contribution < 1.29 is 9.53 Å². The number of nitrogens with one attached hydrogen (secondary N) is 1. The third kappa shape index (κ3) is 3.75. The minimum Gasteiger partial charge on any atom is -0.468 e. The first-order valence-corrected chi connectivity index (χ1v) is 7.01. The summed E-state index contributed by atoms with van der Waals surface area (Å²) in [7, 11) is 3.16. The van der Waals surface area contributed by atoms with Gasteiger partial charge in [0.25, 0.3) is 0 Å². The number of methoxy groups -OCH3 is 1. The van der Waals surface area contributed by atoms with Crippen LogP contribution >= 0.6 is 23.2 Å². The second-order valence-corrected chi connectivity index (χ2v) is 5.29. The molecule has 0 aliphatic heterocycles. The van der Waals surface area contributed by atoms with Gasteiger partial charge in [-0.2, -0.15) is 5.10 Å². The molecule has 0 radical (unpaired) electrons. The number of halogens is 2. The maximum atomic E-state index is 12.0. The first-order chi connectivity index (χ1) is 10.0. The van der Waals surface area contributed by atoms with Gasteiger partial charge in [-0.05, 0) is 6.07 Å². The van der Waals surface area contributed by atoms with Crippen molar-refractivity contribution in [2.24, 2.45) is 7.05 Å².